The molecule has 114 valence electrons. The van der Waals surface area contributed by atoms with Crippen molar-refractivity contribution in [3.8, 4) is 0 Å². The predicted octanol–water partition coefficient (Wildman–Crippen LogP) is 3.69. The van der Waals surface area contributed by atoms with Crippen molar-refractivity contribution in [1.82, 2.24) is 10.3 Å². The average molecular weight is 295 g/mol. The number of hydrogen-bond acceptors (Lipinski definition) is 4. The van der Waals surface area contributed by atoms with E-state index in [1.54, 1.807) is 0 Å². The molecule has 1 N–H and O–H groups in total. The van der Waals surface area contributed by atoms with Gasteiger partial charge in [-0.25, -0.2) is 4.98 Å². The van der Waals surface area contributed by atoms with Crippen molar-refractivity contribution in [2.45, 2.75) is 59.5 Å². The highest BCUT2D eigenvalue weighted by Gasteiger charge is 2.31. The number of nitrogens with zero attached hydrogens (tertiary/aromatic N) is 2. The summed E-state index contributed by atoms with van der Waals surface area (Å²) in [5.41, 5.74) is 1.27. The van der Waals surface area contributed by atoms with Gasteiger partial charge in [0.15, 0.2) is 5.13 Å². The molecular weight excluding hydrogens is 266 g/mol. The molecule has 1 heterocycles. The minimum atomic E-state index is 0.627. The Kier molecular flexibility index (Phi) is 5.44. The second-order valence-corrected chi connectivity index (χ2v) is 7.50. The lowest BCUT2D eigenvalue weighted by Gasteiger charge is -2.23. The van der Waals surface area contributed by atoms with Crippen LogP contribution in [0.3, 0.4) is 0 Å². The van der Waals surface area contributed by atoms with Crippen LogP contribution in [-0.2, 0) is 13.0 Å². The number of thiazole rings is 1. The van der Waals surface area contributed by atoms with Crippen LogP contribution in [0.25, 0.3) is 0 Å². The van der Waals surface area contributed by atoms with Crippen LogP contribution in [0.1, 0.15) is 51.1 Å². The SMILES string of the molecule is CCc1nc(N(C)C(C)C2CC2)sc1CNCC(C)C. The lowest BCUT2D eigenvalue weighted by molar-refractivity contribution is 0.553. The van der Waals surface area contributed by atoms with Crippen LogP contribution in [0.2, 0.25) is 0 Å². The van der Waals surface area contributed by atoms with E-state index < -0.39 is 0 Å². The first-order valence-corrected chi connectivity index (χ1v) is 8.76. The maximum atomic E-state index is 4.86. The number of rotatable bonds is 8. The van der Waals surface area contributed by atoms with Crippen LogP contribution in [0, 0.1) is 11.8 Å². The number of hydrogen-bond donors (Lipinski definition) is 1. The molecule has 1 saturated carbocycles. The molecule has 0 aliphatic heterocycles. The molecule has 1 atom stereocenters. The normalized spacial score (nSPS) is 16.7. The van der Waals surface area contributed by atoms with E-state index in [1.165, 1.54) is 28.5 Å². The van der Waals surface area contributed by atoms with Gasteiger partial charge in [0.2, 0.25) is 0 Å². The Bertz CT molecular complexity index is 423. The molecule has 2 rings (SSSR count). The summed E-state index contributed by atoms with van der Waals surface area (Å²) in [5.74, 6) is 1.58. The Morgan fingerprint density at radius 3 is 2.60 bits per heavy atom. The number of anilines is 1. The largest absolute Gasteiger partial charge is 0.348 e. The van der Waals surface area contributed by atoms with Crippen LogP contribution in [0.4, 0.5) is 5.13 Å². The van der Waals surface area contributed by atoms with Crippen molar-refractivity contribution in [1.29, 1.82) is 0 Å². The Hall–Kier alpha value is -0.610. The highest BCUT2D eigenvalue weighted by Crippen LogP contribution is 2.37. The first-order chi connectivity index (χ1) is 9.52. The average Bonchev–Trinajstić information content (AvgIpc) is 3.18. The molecule has 0 spiro atoms. The zero-order valence-corrected chi connectivity index (χ0v) is 14.4. The molecule has 4 heteroatoms. The monoisotopic (exact) mass is 295 g/mol. The van der Waals surface area contributed by atoms with E-state index >= 15 is 0 Å². The summed E-state index contributed by atoms with van der Waals surface area (Å²) in [5, 5.41) is 4.74. The summed E-state index contributed by atoms with van der Waals surface area (Å²) < 4.78 is 0. The molecule has 1 aromatic rings. The van der Waals surface area contributed by atoms with E-state index in [2.05, 4.69) is 45.0 Å². The highest BCUT2D eigenvalue weighted by atomic mass is 32.1. The molecule has 1 aliphatic rings. The third kappa shape index (κ3) is 3.95. The van der Waals surface area contributed by atoms with Gasteiger partial charge in [0.05, 0.1) is 5.69 Å². The van der Waals surface area contributed by atoms with Crippen LogP contribution in [0.15, 0.2) is 0 Å². The summed E-state index contributed by atoms with van der Waals surface area (Å²) in [6.07, 6.45) is 3.81. The van der Waals surface area contributed by atoms with E-state index in [1.807, 2.05) is 11.3 Å². The quantitative estimate of drug-likeness (QED) is 0.793. The molecule has 1 aliphatic carbocycles. The molecule has 0 amide bonds. The minimum Gasteiger partial charge on any atom is -0.348 e. The molecular formula is C16H29N3S. The van der Waals surface area contributed by atoms with Crippen molar-refractivity contribution < 1.29 is 0 Å². The minimum absolute atomic E-state index is 0.627. The lowest BCUT2D eigenvalue weighted by atomic mass is 10.2. The third-order valence-corrected chi connectivity index (χ3v) is 5.35. The van der Waals surface area contributed by atoms with Crippen molar-refractivity contribution >= 4 is 16.5 Å². The second-order valence-electron chi connectivity index (χ2n) is 6.43. The fourth-order valence-electron chi connectivity index (χ4n) is 2.48. The fraction of sp³-hybridized carbons (Fsp3) is 0.812. The Labute approximate surface area is 127 Å². The first-order valence-electron chi connectivity index (χ1n) is 7.95. The number of aryl methyl sites for hydroxylation is 1. The number of nitrogens with one attached hydrogen (secondary N) is 1. The van der Waals surface area contributed by atoms with Gasteiger partial charge in [-0.2, -0.15) is 0 Å². The molecule has 0 bridgehead atoms. The Morgan fingerprint density at radius 1 is 1.35 bits per heavy atom. The van der Waals surface area contributed by atoms with Gasteiger partial charge >= 0.3 is 0 Å². The molecule has 0 saturated heterocycles. The van der Waals surface area contributed by atoms with Crippen molar-refractivity contribution in [3.63, 3.8) is 0 Å². The van der Waals surface area contributed by atoms with Gasteiger partial charge in [0.25, 0.3) is 0 Å². The van der Waals surface area contributed by atoms with Gasteiger partial charge in [-0.3, -0.25) is 0 Å². The molecule has 1 aromatic heterocycles. The fourth-order valence-corrected chi connectivity index (χ4v) is 3.65. The van der Waals surface area contributed by atoms with Gasteiger partial charge in [0, 0.05) is 24.5 Å². The van der Waals surface area contributed by atoms with Gasteiger partial charge in [-0.05, 0) is 44.6 Å². The maximum Gasteiger partial charge on any atom is 0.185 e. The molecule has 3 nitrogen and oxygen atoms in total. The van der Waals surface area contributed by atoms with E-state index in [9.17, 15) is 0 Å². The summed E-state index contributed by atoms with van der Waals surface area (Å²) in [4.78, 5) is 8.66. The molecule has 1 fully saturated rings. The second kappa shape index (κ2) is 6.90. The lowest BCUT2D eigenvalue weighted by Crippen LogP contribution is -2.30. The summed E-state index contributed by atoms with van der Waals surface area (Å²) in [6.45, 7) is 11.1. The van der Waals surface area contributed by atoms with Gasteiger partial charge in [0.1, 0.15) is 0 Å². The zero-order valence-electron chi connectivity index (χ0n) is 13.6. The molecule has 0 aromatic carbocycles. The van der Waals surface area contributed by atoms with Crippen LogP contribution in [0.5, 0.6) is 0 Å². The van der Waals surface area contributed by atoms with Crippen molar-refractivity contribution in [2.24, 2.45) is 11.8 Å². The van der Waals surface area contributed by atoms with Gasteiger partial charge in [-0.1, -0.05) is 20.8 Å². The summed E-state index contributed by atoms with van der Waals surface area (Å²) >= 11 is 1.87. The smallest absolute Gasteiger partial charge is 0.185 e. The Balaban J connectivity index is 2.01. The molecule has 20 heavy (non-hydrogen) atoms. The van der Waals surface area contributed by atoms with E-state index in [-0.39, 0.29) is 0 Å². The maximum absolute atomic E-state index is 4.86. The van der Waals surface area contributed by atoms with E-state index in [0.29, 0.717) is 12.0 Å². The first kappa shape index (κ1) is 15.8. The highest BCUT2D eigenvalue weighted by molar-refractivity contribution is 7.15. The molecule has 0 radical (unpaired) electrons. The van der Waals surface area contributed by atoms with Gasteiger partial charge < -0.3 is 10.2 Å². The van der Waals surface area contributed by atoms with Crippen LogP contribution >= 0.6 is 11.3 Å². The van der Waals surface area contributed by atoms with Crippen LogP contribution < -0.4 is 10.2 Å². The summed E-state index contributed by atoms with van der Waals surface area (Å²) in [6, 6.07) is 0.627. The van der Waals surface area contributed by atoms with Gasteiger partial charge in [-0.15, -0.1) is 11.3 Å². The predicted molar refractivity (Wildman–Crippen MR) is 88.6 cm³/mol. The topological polar surface area (TPSA) is 28.2 Å². The summed E-state index contributed by atoms with van der Waals surface area (Å²) in [7, 11) is 2.20. The van der Waals surface area contributed by atoms with Crippen molar-refractivity contribution in [2.75, 3.05) is 18.5 Å². The third-order valence-electron chi connectivity index (χ3n) is 4.16. The standard InChI is InChI=1S/C16H29N3S/c1-6-14-15(10-17-9-11(2)3)20-16(18-14)19(5)12(4)13-7-8-13/h11-13,17H,6-10H2,1-5H3. The zero-order chi connectivity index (χ0) is 14.7. The molecule has 1 unspecified atom stereocenters. The van der Waals surface area contributed by atoms with E-state index in [4.69, 9.17) is 4.98 Å². The van der Waals surface area contributed by atoms with E-state index in [0.717, 1.165) is 25.4 Å². The Morgan fingerprint density at radius 2 is 2.05 bits per heavy atom. The van der Waals surface area contributed by atoms with Crippen molar-refractivity contribution in [3.05, 3.63) is 10.6 Å². The van der Waals surface area contributed by atoms with Crippen LogP contribution in [-0.4, -0.2) is 24.6 Å². The number of aromatic nitrogens is 1.